The highest BCUT2D eigenvalue weighted by Gasteiger charge is 2.31. The minimum atomic E-state index is -4.65. The number of benzene rings is 2. The van der Waals surface area contributed by atoms with Gasteiger partial charge in [0.2, 0.25) is 0 Å². The number of carbonyl (C=O) groups excluding carboxylic acids is 1. The second-order valence-electron chi connectivity index (χ2n) is 4.91. The molecule has 3 nitrogen and oxygen atoms in total. The van der Waals surface area contributed by atoms with Crippen molar-refractivity contribution in [2.45, 2.75) is 20.0 Å². The molecule has 7 heteroatoms. The van der Waals surface area contributed by atoms with Crippen LogP contribution < -0.4 is 4.74 Å². The topological polar surface area (TPSA) is 35.5 Å². The number of alkyl halides is 3. The van der Waals surface area contributed by atoms with E-state index in [1.54, 1.807) is 26.0 Å². The van der Waals surface area contributed by atoms with Crippen molar-refractivity contribution >= 4 is 5.97 Å². The Kier molecular flexibility index (Phi) is 5.11. The first-order chi connectivity index (χ1) is 11.2. The monoisotopic (exact) mass is 342 g/mol. The molecular formula is C17H14F4O3. The smallest absolute Gasteiger partial charge is 0.416 e. The highest BCUT2D eigenvalue weighted by Crippen LogP contribution is 2.34. The summed E-state index contributed by atoms with van der Waals surface area (Å²) in [4.78, 5) is 12.0. The van der Waals surface area contributed by atoms with Crippen molar-refractivity contribution in [1.82, 2.24) is 0 Å². The number of rotatable bonds is 4. The first-order valence-electron chi connectivity index (χ1n) is 7.05. The average molecular weight is 342 g/mol. The normalized spacial score (nSPS) is 11.2. The average Bonchev–Trinajstić information content (AvgIpc) is 2.48. The van der Waals surface area contributed by atoms with Gasteiger partial charge in [-0.3, -0.25) is 0 Å². The summed E-state index contributed by atoms with van der Waals surface area (Å²) < 4.78 is 61.8. The summed E-state index contributed by atoms with van der Waals surface area (Å²) in [5.41, 5.74) is -0.487. The van der Waals surface area contributed by atoms with Gasteiger partial charge in [0.05, 0.1) is 12.2 Å². The number of halogens is 4. The Balaban J connectivity index is 2.39. The molecule has 2 rings (SSSR count). The minimum Gasteiger partial charge on any atom is -0.462 e. The van der Waals surface area contributed by atoms with Gasteiger partial charge >= 0.3 is 12.1 Å². The molecule has 0 aliphatic heterocycles. The lowest BCUT2D eigenvalue weighted by atomic mass is 10.1. The van der Waals surface area contributed by atoms with E-state index in [-0.39, 0.29) is 17.9 Å². The van der Waals surface area contributed by atoms with Crippen LogP contribution in [0.4, 0.5) is 17.6 Å². The summed E-state index contributed by atoms with van der Waals surface area (Å²) in [7, 11) is 0. The third-order valence-electron chi connectivity index (χ3n) is 3.19. The molecule has 0 N–H and O–H groups in total. The van der Waals surface area contributed by atoms with Crippen LogP contribution in [0.3, 0.4) is 0 Å². The lowest BCUT2D eigenvalue weighted by Crippen LogP contribution is -2.09. The zero-order valence-electron chi connectivity index (χ0n) is 12.9. The van der Waals surface area contributed by atoms with Gasteiger partial charge in [-0.1, -0.05) is 12.1 Å². The lowest BCUT2D eigenvalue weighted by Gasteiger charge is -2.14. The van der Waals surface area contributed by atoms with Crippen molar-refractivity contribution in [3.8, 4) is 11.5 Å². The predicted octanol–water partition coefficient (Wildman–Crippen LogP) is 5.12. The molecule has 0 fully saturated rings. The molecule has 2 aromatic rings. The van der Waals surface area contributed by atoms with Crippen LogP contribution in [-0.2, 0) is 10.9 Å². The molecule has 0 aliphatic rings. The van der Waals surface area contributed by atoms with Crippen LogP contribution in [0, 0.1) is 12.7 Å². The molecule has 0 saturated carbocycles. The fraction of sp³-hybridized carbons (Fsp3) is 0.235. The van der Waals surface area contributed by atoms with Crippen molar-refractivity contribution in [3.63, 3.8) is 0 Å². The van der Waals surface area contributed by atoms with Gasteiger partial charge in [-0.15, -0.1) is 0 Å². The Morgan fingerprint density at radius 2 is 1.83 bits per heavy atom. The zero-order chi connectivity index (χ0) is 17.9. The number of hydrogen-bond acceptors (Lipinski definition) is 3. The molecule has 0 spiro atoms. The fourth-order valence-electron chi connectivity index (χ4n) is 2.07. The lowest BCUT2D eigenvalue weighted by molar-refractivity contribution is -0.137. The summed E-state index contributed by atoms with van der Waals surface area (Å²) in [6.45, 7) is 3.41. The first-order valence-corrected chi connectivity index (χ1v) is 7.05. The molecule has 0 heterocycles. The standard InChI is InChI=1S/C17H14F4O3/c1-3-23-16(22)15-10(2)5-4-6-14(15)24-13-8-7-11(9-12(13)18)17(19,20)21/h4-9H,3H2,1-2H3. The van der Waals surface area contributed by atoms with Crippen LogP contribution in [0.15, 0.2) is 36.4 Å². The third kappa shape index (κ3) is 3.84. The van der Waals surface area contributed by atoms with Crippen LogP contribution >= 0.6 is 0 Å². The van der Waals surface area contributed by atoms with Crippen molar-refractivity contribution in [2.75, 3.05) is 6.61 Å². The highest BCUT2D eigenvalue weighted by atomic mass is 19.4. The predicted molar refractivity (Wildman–Crippen MR) is 78.6 cm³/mol. The van der Waals surface area contributed by atoms with Gasteiger partial charge in [-0.2, -0.15) is 13.2 Å². The van der Waals surface area contributed by atoms with Crippen molar-refractivity contribution in [2.24, 2.45) is 0 Å². The van der Waals surface area contributed by atoms with Gasteiger partial charge in [0, 0.05) is 0 Å². The summed E-state index contributed by atoms with van der Waals surface area (Å²) in [5.74, 6) is -2.25. The van der Waals surface area contributed by atoms with Crippen molar-refractivity contribution < 1.29 is 31.8 Å². The maximum Gasteiger partial charge on any atom is 0.416 e. The van der Waals surface area contributed by atoms with Crippen LogP contribution in [0.25, 0.3) is 0 Å². The molecule has 0 radical (unpaired) electrons. The Morgan fingerprint density at radius 1 is 1.12 bits per heavy atom. The van der Waals surface area contributed by atoms with E-state index in [1.165, 1.54) is 6.07 Å². The Labute approximate surface area is 135 Å². The van der Waals surface area contributed by atoms with Crippen LogP contribution in [0.1, 0.15) is 28.4 Å². The maximum atomic E-state index is 13.9. The van der Waals surface area contributed by atoms with Gasteiger partial charge < -0.3 is 9.47 Å². The van der Waals surface area contributed by atoms with Gasteiger partial charge in [0.25, 0.3) is 0 Å². The maximum absolute atomic E-state index is 13.9. The molecule has 0 unspecified atom stereocenters. The van der Waals surface area contributed by atoms with Gasteiger partial charge in [-0.25, -0.2) is 9.18 Å². The fourth-order valence-corrected chi connectivity index (χ4v) is 2.07. The van der Waals surface area contributed by atoms with Crippen molar-refractivity contribution in [1.29, 1.82) is 0 Å². The van der Waals surface area contributed by atoms with E-state index in [0.717, 1.165) is 6.07 Å². The van der Waals surface area contributed by atoms with Crippen molar-refractivity contribution in [3.05, 3.63) is 58.9 Å². The van der Waals surface area contributed by atoms with E-state index in [2.05, 4.69) is 0 Å². The summed E-state index contributed by atoms with van der Waals surface area (Å²) >= 11 is 0. The molecule has 0 aromatic heterocycles. The first kappa shape index (κ1) is 17.8. The number of carbonyl (C=O) groups is 1. The van der Waals surface area contributed by atoms with Crippen LogP contribution in [0.2, 0.25) is 0 Å². The number of esters is 1. The molecular weight excluding hydrogens is 328 g/mol. The Morgan fingerprint density at radius 3 is 2.42 bits per heavy atom. The Hall–Kier alpha value is -2.57. The molecule has 0 aliphatic carbocycles. The molecule has 0 saturated heterocycles. The molecule has 24 heavy (non-hydrogen) atoms. The van der Waals surface area contributed by atoms with Gasteiger partial charge in [0.1, 0.15) is 11.3 Å². The molecule has 0 amide bonds. The molecule has 128 valence electrons. The summed E-state index contributed by atoms with van der Waals surface area (Å²) in [6, 6.07) is 6.55. The molecule has 2 aromatic carbocycles. The number of ether oxygens (including phenoxy) is 2. The largest absolute Gasteiger partial charge is 0.462 e. The Bertz CT molecular complexity index is 754. The highest BCUT2D eigenvalue weighted by molar-refractivity contribution is 5.94. The minimum absolute atomic E-state index is 0.00658. The van der Waals surface area contributed by atoms with E-state index in [9.17, 15) is 22.4 Å². The van der Waals surface area contributed by atoms with E-state index in [4.69, 9.17) is 9.47 Å². The molecule has 0 bridgehead atoms. The SMILES string of the molecule is CCOC(=O)c1c(C)cccc1Oc1ccc(C(F)(F)F)cc1F. The molecule has 0 atom stereocenters. The number of hydrogen-bond donors (Lipinski definition) is 0. The van der Waals surface area contributed by atoms with E-state index < -0.39 is 29.3 Å². The third-order valence-corrected chi connectivity index (χ3v) is 3.19. The van der Waals surface area contributed by atoms with E-state index in [1.807, 2.05) is 0 Å². The summed E-state index contributed by atoms with van der Waals surface area (Å²) in [6.07, 6.45) is -4.65. The van der Waals surface area contributed by atoms with E-state index in [0.29, 0.717) is 17.7 Å². The quantitative estimate of drug-likeness (QED) is 0.571. The van der Waals surface area contributed by atoms with Crippen LogP contribution in [-0.4, -0.2) is 12.6 Å². The number of aryl methyl sites for hydroxylation is 1. The van der Waals surface area contributed by atoms with Gasteiger partial charge in [0.15, 0.2) is 11.6 Å². The second kappa shape index (κ2) is 6.90. The second-order valence-corrected chi connectivity index (χ2v) is 4.91. The zero-order valence-corrected chi connectivity index (χ0v) is 12.9. The van der Waals surface area contributed by atoms with Gasteiger partial charge in [-0.05, 0) is 43.7 Å². The van der Waals surface area contributed by atoms with Crippen LogP contribution in [0.5, 0.6) is 11.5 Å². The van der Waals surface area contributed by atoms with E-state index >= 15 is 0 Å². The summed E-state index contributed by atoms with van der Waals surface area (Å²) in [5, 5.41) is 0.